The van der Waals surface area contributed by atoms with Crippen molar-refractivity contribution in [3.8, 4) is 0 Å². The number of halogens is 3. The van der Waals surface area contributed by atoms with Crippen molar-refractivity contribution in [2.45, 2.75) is 13.5 Å². The average molecular weight is 644 g/mol. The zero-order valence-electron chi connectivity index (χ0n) is 18.6. The largest absolute Gasteiger partial charge is 0 e. The molecule has 0 aliphatic carbocycles. The van der Waals surface area contributed by atoms with E-state index in [0.29, 0.717) is 11.8 Å². The van der Waals surface area contributed by atoms with Gasteiger partial charge in [0.25, 0.3) is 0 Å². The fourth-order valence-electron chi connectivity index (χ4n) is 3.53. The number of fused-ring (bicyclic) bond motifs is 1. The molecule has 3 rings (SSSR count). The van der Waals surface area contributed by atoms with E-state index in [9.17, 15) is 4.79 Å². The summed E-state index contributed by atoms with van der Waals surface area (Å²) >= 11 is 11.8. The molecule has 0 fully saturated rings. The molecule has 1 aromatic heterocycles. The SMILES string of the molecule is CC[I-]N(Cc1nc2cc(N(CCCl)CCCl)ccc2n1C)c1cccc(/C=C/[C-]=O)c1.[Ni]. The fourth-order valence-corrected chi connectivity index (χ4v) is 6.00. The second kappa shape index (κ2) is 14.2. The normalized spacial score (nSPS) is 11.2. The molecule has 2 aromatic carbocycles. The van der Waals surface area contributed by atoms with Crippen LogP contribution in [0.1, 0.15) is 18.3 Å². The molecule has 0 bridgehead atoms. The third kappa shape index (κ3) is 7.35. The summed E-state index contributed by atoms with van der Waals surface area (Å²) in [5, 5.41) is 0. The van der Waals surface area contributed by atoms with Crippen LogP contribution in [0.15, 0.2) is 48.5 Å². The average Bonchev–Trinajstić information content (AvgIpc) is 3.12. The Morgan fingerprint density at radius 3 is 2.55 bits per heavy atom. The summed E-state index contributed by atoms with van der Waals surface area (Å²) in [6.07, 6.45) is 4.99. The number of nitrogens with zero attached hydrogens (tertiary/aromatic N) is 4. The maximum Gasteiger partial charge on any atom is 0 e. The van der Waals surface area contributed by atoms with E-state index < -0.39 is 0 Å². The molecule has 0 spiro atoms. The van der Waals surface area contributed by atoms with Crippen LogP contribution in [0.4, 0.5) is 11.4 Å². The maximum atomic E-state index is 10.6. The summed E-state index contributed by atoms with van der Waals surface area (Å²) in [5.41, 5.74) is 5.31. The molecule has 182 valence electrons. The number of hydrogen-bond donors (Lipinski definition) is 0. The predicted molar refractivity (Wildman–Crippen MR) is 132 cm³/mol. The molecular weight excluding hydrogens is 617 g/mol. The van der Waals surface area contributed by atoms with Crippen LogP contribution in [0.25, 0.3) is 17.1 Å². The predicted octanol–water partition coefficient (Wildman–Crippen LogP) is 2.01. The van der Waals surface area contributed by atoms with Crippen LogP contribution in [0, 0.1) is 0 Å². The van der Waals surface area contributed by atoms with Crippen molar-refractivity contribution < 1.29 is 42.8 Å². The number of aryl methyl sites for hydroxylation is 1. The van der Waals surface area contributed by atoms with Gasteiger partial charge >= 0.3 is 212 Å². The number of anilines is 2. The Bertz CT molecular complexity index is 1070. The van der Waals surface area contributed by atoms with Crippen molar-refractivity contribution >= 4 is 58.0 Å². The van der Waals surface area contributed by atoms with Gasteiger partial charge in [-0.1, -0.05) is 0 Å². The van der Waals surface area contributed by atoms with Crippen LogP contribution < -0.4 is 29.5 Å². The Kier molecular flexibility index (Phi) is 12.0. The molecule has 33 heavy (non-hydrogen) atoms. The Labute approximate surface area is 226 Å². The number of imidazole rings is 1. The van der Waals surface area contributed by atoms with Crippen molar-refractivity contribution in [1.29, 1.82) is 0 Å². The van der Waals surface area contributed by atoms with Crippen molar-refractivity contribution in [3.63, 3.8) is 0 Å². The van der Waals surface area contributed by atoms with Crippen molar-refractivity contribution in [3.05, 3.63) is 59.9 Å². The molecule has 5 nitrogen and oxygen atoms in total. The first kappa shape index (κ1) is 28.0. The minimum atomic E-state index is -0.198. The first-order valence-corrected chi connectivity index (χ1v) is 14.0. The minimum Gasteiger partial charge on any atom is 0 e. The van der Waals surface area contributed by atoms with E-state index >= 15 is 0 Å². The monoisotopic (exact) mass is 642 g/mol. The van der Waals surface area contributed by atoms with Gasteiger partial charge in [-0.05, 0) is 0 Å². The summed E-state index contributed by atoms with van der Waals surface area (Å²) in [5.74, 6) is 2.13. The summed E-state index contributed by atoms with van der Waals surface area (Å²) in [7, 11) is 2.07. The van der Waals surface area contributed by atoms with Crippen LogP contribution in [0.3, 0.4) is 0 Å². The van der Waals surface area contributed by atoms with Crippen LogP contribution in [0.5, 0.6) is 0 Å². The third-order valence-corrected chi connectivity index (χ3v) is 7.81. The molecule has 0 unspecified atom stereocenters. The van der Waals surface area contributed by atoms with Crippen molar-refractivity contribution in [2.75, 3.05) is 37.3 Å². The smallest absolute Gasteiger partial charge is 0 e. The second-order valence-electron chi connectivity index (χ2n) is 7.08. The van der Waals surface area contributed by atoms with E-state index in [4.69, 9.17) is 28.2 Å². The number of alkyl halides is 3. The molecule has 0 atom stereocenters. The molecule has 0 N–H and O–H groups in total. The maximum absolute atomic E-state index is 10.6. The van der Waals surface area contributed by atoms with Gasteiger partial charge in [0, 0.05) is 16.5 Å². The van der Waals surface area contributed by atoms with Gasteiger partial charge in [0.2, 0.25) is 0 Å². The van der Waals surface area contributed by atoms with E-state index in [1.165, 1.54) is 6.08 Å². The number of carbonyl (C=O) groups excluding carboxylic acids is 1. The van der Waals surface area contributed by atoms with Crippen LogP contribution >= 0.6 is 23.2 Å². The van der Waals surface area contributed by atoms with Crippen LogP contribution in [-0.4, -0.2) is 45.1 Å². The Hall–Kier alpha value is -1.28. The number of aromatic nitrogens is 2. The molecular formula is C24H27Cl2IN4NiO-2. The standard InChI is InChI=1S/C24H27Cl2IN4O.Ni/c1-3-27-31(21-8-4-6-19(16-21)7-5-15-32)18-24-28-22-17-20(9-10-23(22)29(24)2)30(13-11-25)14-12-26;/h4-10,16-17H,3,11-14,18H2,1-2H3;/q-2;/b7-5+;. The Morgan fingerprint density at radius 2 is 1.88 bits per heavy atom. The van der Waals surface area contributed by atoms with E-state index in [0.717, 1.165) is 57.9 Å². The number of rotatable bonds is 12. The molecule has 0 aliphatic heterocycles. The minimum absolute atomic E-state index is 0. The number of allylic oxidation sites excluding steroid dienone is 1. The Balaban J connectivity index is 0.00000385. The van der Waals surface area contributed by atoms with Crippen LogP contribution in [-0.2, 0) is 34.9 Å². The van der Waals surface area contributed by atoms with Gasteiger partial charge < -0.3 is 0 Å². The third-order valence-electron chi connectivity index (χ3n) is 5.07. The molecule has 1 heterocycles. The molecule has 3 aromatic rings. The molecule has 0 saturated carbocycles. The topological polar surface area (TPSA) is 41.4 Å². The summed E-state index contributed by atoms with van der Waals surface area (Å²) in [4.78, 5) is 17.7. The zero-order valence-corrected chi connectivity index (χ0v) is 23.2. The van der Waals surface area contributed by atoms with Crippen molar-refractivity contribution in [1.82, 2.24) is 9.55 Å². The Morgan fingerprint density at radius 1 is 1.12 bits per heavy atom. The van der Waals surface area contributed by atoms with Gasteiger partial charge in [-0.3, -0.25) is 0 Å². The van der Waals surface area contributed by atoms with Gasteiger partial charge in [0.05, 0.1) is 0 Å². The van der Waals surface area contributed by atoms with Gasteiger partial charge in [-0.2, -0.15) is 0 Å². The van der Waals surface area contributed by atoms with Gasteiger partial charge in [0.1, 0.15) is 0 Å². The van der Waals surface area contributed by atoms with E-state index in [1.807, 2.05) is 18.4 Å². The van der Waals surface area contributed by atoms with Gasteiger partial charge in [0.15, 0.2) is 0 Å². The summed E-state index contributed by atoms with van der Waals surface area (Å²) in [6, 6.07) is 14.6. The fraction of sp³-hybridized carbons (Fsp3) is 0.333. The summed E-state index contributed by atoms with van der Waals surface area (Å²) in [6.45, 7) is 4.46. The first-order chi connectivity index (χ1) is 15.6. The van der Waals surface area contributed by atoms with Crippen LogP contribution in [0.2, 0.25) is 0 Å². The molecule has 0 aliphatic rings. The molecule has 0 amide bonds. The molecule has 0 radical (unpaired) electrons. The van der Waals surface area contributed by atoms with E-state index in [1.54, 1.807) is 6.08 Å². The number of benzene rings is 2. The van der Waals surface area contributed by atoms with Gasteiger partial charge in [-0.25, -0.2) is 0 Å². The van der Waals surface area contributed by atoms with E-state index in [2.05, 4.69) is 56.9 Å². The van der Waals surface area contributed by atoms with E-state index in [-0.39, 0.29) is 38.0 Å². The zero-order chi connectivity index (χ0) is 22.9. The molecule has 9 heteroatoms. The number of hydrogen-bond acceptors (Lipinski definition) is 4. The second-order valence-corrected chi connectivity index (χ2v) is 11.2. The first-order valence-electron chi connectivity index (χ1n) is 10.4. The quantitative estimate of drug-likeness (QED) is 0.0757. The molecule has 0 saturated heterocycles. The van der Waals surface area contributed by atoms with Gasteiger partial charge in [-0.15, -0.1) is 0 Å². The van der Waals surface area contributed by atoms with Crippen molar-refractivity contribution in [2.24, 2.45) is 7.05 Å². The summed E-state index contributed by atoms with van der Waals surface area (Å²) < 4.78 is 5.72.